The summed E-state index contributed by atoms with van der Waals surface area (Å²) in [6.45, 7) is 0.495. The van der Waals surface area contributed by atoms with Crippen LogP contribution in [0.2, 0.25) is 0 Å². The van der Waals surface area contributed by atoms with E-state index in [1.165, 1.54) is 14.7 Å². The minimum absolute atomic E-state index is 0.0103. The highest BCUT2D eigenvalue weighted by Crippen LogP contribution is 2.20. The number of hydrogen-bond acceptors (Lipinski definition) is 8. The zero-order valence-electron chi connectivity index (χ0n) is 31.8. The average molecular weight is 781 g/mol. The van der Waals surface area contributed by atoms with Crippen LogP contribution in [0.25, 0.3) is 21.8 Å². The molecule has 0 aliphatic rings. The van der Waals surface area contributed by atoms with Crippen molar-refractivity contribution in [3.05, 3.63) is 102 Å². The Morgan fingerprint density at radius 2 is 1.27 bits per heavy atom. The van der Waals surface area contributed by atoms with Gasteiger partial charge >= 0.3 is 0 Å². The fraction of sp³-hybridized carbons (Fsp3) is 0.381. The number of nitrogens with zero attached hydrogens (tertiary/aromatic N) is 4. The quantitative estimate of drug-likeness (QED) is 0.0464. The van der Waals surface area contributed by atoms with E-state index in [-0.39, 0.29) is 69.8 Å². The van der Waals surface area contributed by atoms with Crippen LogP contribution in [0.1, 0.15) is 48.8 Å². The third-order valence-electron chi connectivity index (χ3n) is 9.77. The summed E-state index contributed by atoms with van der Waals surface area (Å²) >= 11 is 4.24. The molecular weight excluding hydrogens is 729 g/mol. The summed E-state index contributed by atoms with van der Waals surface area (Å²) in [7, 11) is 0. The number of rotatable bonds is 24. The molecule has 14 heteroatoms. The molecule has 0 bridgehead atoms. The minimum Gasteiger partial charge on any atom is -0.370 e. The van der Waals surface area contributed by atoms with Gasteiger partial charge in [-0.2, -0.15) is 12.6 Å². The van der Waals surface area contributed by atoms with Crippen LogP contribution in [0.5, 0.6) is 0 Å². The van der Waals surface area contributed by atoms with Crippen LogP contribution in [-0.4, -0.2) is 111 Å². The van der Waals surface area contributed by atoms with Crippen molar-refractivity contribution in [2.24, 2.45) is 5.73 Å². The molecule has 0 saturated carbocycles. The van der Waals surface area contributed by atoms with Crippen molar-refractivity contribution >= 4 is 63.8 Å². The van der Waals surface area contributed by atoms with E-state index >= 15 is 0 Å². The number of fused-ring (bicyclic) bond motifs is 2. The molecule has 0 saturated heterocycles. The molecule has 0 unspecified atom stereocenters. The number of ketones is 1. The summed E-state index contributed by atoms with van der Waals surface area (Å²) < 4.78 is 0. The normalized spacial score (nSPS) is 11.2. The number of carbonyl (C=O) groups is 5. The van der Waals surface area contributed by atoms with Gasteiger partial charge in [0, 0.05) is 85.6 Å². The Morgan fingerprint density at radius 3 is 1.84 bits per heavy atom. The summed E-state index contributed by atoms with van der Waals surface area (Å²) in [4.78, 5) is 81.8. The van der Waals surface area contributed by atoms with Gasteiger partial charge in [-0.3, -0.25) is 29.0 Å². The average Bonchev–Trinajstić information content (AvgIpc) is 3.82. The zero-order valence-corrected chi connectivity index (χ0v) is 32.6. The largest absolute Gasteiger partial charge is 0.370 e. The highest BCUT2D eigenvalue weighted by atomic mass is 32.1. The number of benzene rings is 2. The number of para-hydroxylation sites is 2. The molecule has 0 atom stereocenters. The van der Waals surface area contributed by atoms with E-state index in [0.29, 0.717) is 50.8 Å². The minimum atomic E-state index is -0.449. The van der Waals surface area contributed by atoms with Crippen molar-refractivity contribution < 1.29 is 24.0 Å². The van der Waals surface area contributed by atoms with E-state index < -0.39 is 11.8 Å². The molecule has 0 spiro atoms. The van der Waals surface area contributed by atoms with Crippen molar-refractivity contribution in [3.63, 3.8) is 0 Å². The number of thiol groups is 1. The van der Waals surface area contributed by atoms with Gasteiger partial charge in [0.05, 0.1) is 26.2 Å². The number of hydrogen-bond donors (Lipinski definition) is 5. The van der Waals surface area contributed by atoms with Crippen LogP contribution in [0, 0.1) is 0 Å². The highest BCUT2D eigenvalue weighted by Gasteiger charge is 2.26. The van der Waals surface area contributed by atoms with Gasteiger partial charge in [-0.05, 0) is 72.7 Å². The number of amides is 4. The second-order valence-electron chi connectivity index (χ2n) is 13.9. The first-order valence-electron chi connectivity index (χ1n) is 19.2. The molecule has 0 aliphatic heterocycles. The molecule has 5 aromatic rings. The van der Waals surface area contributed by atoms with Crippen molar-refractivity contribution in [3.8, 4) is 0 Å². The standard InChI is InChI=1S/C42H52N8O5S/c43-39(52)15-5-6-19-48(29-42(55)49(28-34(51)10-8-22-56)20-16-32-25-46-37-13-3-1-11-35(32)37)41(54)30-50(40(53)27-45-24-31-9-7-18-44-23-31)21-17-33-26-47-38-14-4-2-12-36(33)38/h1-4,7,9,11-14,18,23,25-26,45-47,56H,5-6,8,10,15-17,19-22,24,27-30H2,(H2,43,52). The number of unbranched alkanes of at least 4 members (excludes halogenated alkanes) is 1. The SMILES string of the molecule is NC(=O)CCCCN(CC(=O)N(CCc1c[nH]c2ccccc12)CC(=O)CCCS)C(=O)CN(CCc1c[nH]c2ccccc12)C(=O)CNCc1cccnc1. The van der Waals surface area contributed by atoms with Crippen LogP contribution in [0.15, 0.2) is 85.5 Å². The first-order valence-corrected chi connectivity index (χ1v) is 19.8. The number of nitrogens with two attached hydrogens (primary N) is 1. The van der Waals surface area contributed by atoms with Crippen molar-refractivity contribution in [2.45, 2.75) is 51.5 Å². The Morgan fingerprint density at radius 1 is 0.679 bits per heavy atom. The second-order valence-corrected chi connectivity index (χ2v) is 14.4. The predicted octanol–water partition coefficient (Wildman–Crippen LogP) is 4.04. The monoisotopic (exact) mass is 780 g/mol. The maximum atomic E-state index is 14.2. The lowest BCUT2D eigenvalue weighted by Gasteiger charge is -2.30. The van der Waals surface area contributed by atoms with Crippen LogP contribution < -0.4 is 11.1 Å². The number of Topliss-reactive ketones (excluding diaryl/α,β-unsaturated/α-hetero) is 1. The van der Waals surface area contributed by atoms with Gasteiger partial charge in [0.25, 0.3) is 0 Å². The molecule has 3 heterocycles. The Labute approximate surface area is 332 Å². The summed E-state index contributed by atoms with van der Waals surface area (Å²) in [6.07, 6.45) is 10.1. The van der Waals surface area contributed by atoms with Gasteiger partial charge in [0.2, 0.25) is 23.6 Å². The van der Waals surface area contributed by atoms with Crippen molar-refractivity contribution in [1.82, 2.24) is 35.0 Å². The molecule has 5 N–H and O–H groups in total. The molecule has 0 aliphatic carbocycles. The van der Waals surface area contributed by atoms with Gasteiger partial charge in [0.1, 0.15) is 0 Å². The number of H-pyrrole nitrogens is 2. The number of aromatic amines is 2. The number of primary amides is 1. The van der Waals surface area contributed by atoms with Crippen molar-refractivity contribution in [2.75, 3.05) is 51.6 Å². The van der Waals surface area contributed by atoms with E-state index in [9.17, 15) is 24.0 Å². The number of nitrogens with one attached hydrogen (secondary N) is 3. The fourth-order valence-electron chi connectivity index (χ4n) is 6.69. The molecule has 0 radical (unpaired) electrons. The van der Waals surface area contributed by atoms with Crippen LogP contribution in [-0.2, 0) is 43.4 Å². The van der Waals surface area contributed by atoms with E-state index in [1.807, 2.05) is 73.1 Å². The third kappa shape index (κ3) is 12.5. The highest BCUT2D eigenvalue weighted by molar-refractivity contribution is 7.80. The van der Waals surface area contributed by atoms with Gasteiger partial charge in [0.15, 0.2) is 5.78 Å². The van der Waals surface area contributed by atoms with Gasteiger partial charge < -0.3 is 35.7 Å². The smallest absolute Gasteiger partial charge is 0.242 e. The van der Waals surface area contributed by atoms with Gasteiger partial charge in [-0.1, -0.05) is 42.5 Å². The van der Waals surface area contributed by atoms with E-state index in [2.05, 4.69) is 32.9 Å². The van der Waals surface area contributed by atoms with Crippen molar-refractivity contribution in [1.29, 1.82) is 0 Å². The number of aromatic nitrogens is 3. The van der Waals surface area contributed by atoms with E-state index in [4.69, 9.17) is 5.73 Å². The summed E-state index contributed by atoms with van der Waals surface area (Å²) in [5.74, 6) is -1.03. The summed E-state index contributed by atoms with van der Waals surface area (Å²) in [6, 6.07) is 19.5. The lowest BCUT2D eigenvalue weighted by molar-refractivity contribution is -0.144. The lowest BCUT2D eigenvalue weighted by atomic mass is 10.1. The Balaban J connectivity index is 1.32. The zero-order chi connectivity index (χ0) is 39.7. The molecule has 0 fully saturated rings. The molecule has 3 aromatic heterocycles. The maximum Gasteiger partial charge on any atom is 0.242 e. The maximum absolute atomic E-state index is 14.2. The molecule has 2 aromatic carbocycles. The lowest BCUT2D eigenvalue weighted by Crippen LogP contribution is -2.50. The predicted molar refractivity (Wildman–Crippen MR) is 221 cm³/mol. The first kappa shape index (κ1) is 41.7. The van der Waals surface area contributed by atoms with Crippen LogP contribution >= 0.6 is 12.6 Å². The van der Waals surface area contributed by atoms with E-state index in [0.717, 1.165) is 38.5 Å². The Hall–Kier alpha value is -5.47. The van der Waals surface area contributed by atoms with E-state index in [1.54, 1.807) is 12.4 Å². The molecule has 5 rings (SSSR count). The summed E-state index contributed by atoms with van der Waals surface area (Å²) in [5, 5.41) is 5.25. The Bertz CT molecular complexity index is 2070. The fourth-order valence-corrected chi connectivity index (χ4v) is 6.85. The number of pyridine rings is 1. The Kier molecular flexibility index (Phi) is 16.1. The first-order chi connectivity index (χ1) is 27.2. The van der Waals surface area contributed by atoms with Gasteiger partial charge in [-0.25, -0.2) is 0 Å². The van der Waals surface area contributed by atoms with Crippen LogP contribution in [0.4, 0.5) is 0 Å². The molecule has 296 valence electrons. The molecular formula is C42H52N8O5S. The third-order valence-corrected chi connectivity index (χ3v) is 10.1. The molecule has 56 heavy (non-hydrogen) atoms. The molecule has 13 nitrogen and oxygen atoms in total. The number of carbonyl (C=O) groups excluding carboxylic acids is 5. The van der Waals surface area contributed by atoms with Crippen LogP contribution in [0.3, 0.4) is 0 Å². The summed E-state index contributed by atoms with van der Waals surface area (Å²) in [5.41, 5.74) is 10.3. The van der Waals surface area contributed by atoms with Gasteiger partial charge in [-0.15, -0.1) is 0 Å². The second kappa shape index (κ2) is 21.6. The topological polar surface area (TPSA) is 178 Å². The molecule has 4 amide bonds.